The molecule has 0 saturated carbocycles. The summed E-state index contributed by atoms with van der Waals surface area (Å²) in [6, 6.07) is 13.1. The van der Waals surface area contributed by atoms with E-state index in [2.05, 4.69) is 65.1 Å². The van der Waals surface area contributed by atoms with Gasteiger partial charge in [0.25, 0.3) is 0 Å². The van der Waals surface area contributed by atoms with Crippen LogP contribution in [0.1, 0.15) is 29.0 Å². The number of benzene rings is 1. The minimum Gasteiger partial charge on any atom is -0.305 e. The van der Waals surface area contributed by atoms with E-state index in [0.29, 0.717) is 6.04 Å². The van der Waals surface area contributed by atoms with Gasteiger partial charge in [0.15, 0.2) is 0 Å². The van der Waals surface area contributed by atoms with Gasteiger partial charge in [-0.1, -0.05) is 24.3 Å². The molecule has 21 heavy (non-hydrogen) atoms. The van der Waals surface area contributed by atoms with E-state index in [0.717, 1.165) is 12.2 Å². The average molecular weight is 297 g/mol. The van der Waals surface area contributed by atoms with E-state index in [-0.39, 0.29) is 0 Å². The Balaban J connectivity index is 1.62. The average Bonchev–Trinajstić information content (AvgIpc) is 3.16. The minimum absolute atomic E-state index is 0.386. The highest BCUT2D eigenvalue weighted by atomic mass is 32.1. The highest BCUT2D eigenvalue weighted by Gasteiger charge is 2.09. The summed E-state index contributed by atoms with van der Waals surface area (Å²) in [5.41, 5.74) is 4.88. The summed E-state index contributed by atoms with van der Waals surface area (Å²) in [5.74, 6) is 0. The molecule has 3 nitrogen and oxygen atoms in total. The predicted octanol–water partition coefficient (Wildman–Crippen LogP) is 4.30. The van der Waals surface area contributed by atoms with Crippen LogP contribution in [-0.4, -0.2) is 10.2 Å². The maximum absolute atomic E-state index is 3.98. The van der Waals surface area contributed by atoms with Gasteiger partial charge < -0.3 is 5.32 Å². The third kappa shape index (κ3) is 3.23. The van der Waals surface area contributed by atoms with Gasteiger partial charge in [-0.25, -0.2) is 0 Å². The number of aromatic nitrogens is 2. The molecule has 2 N–H and O–H groups in total. The number of H-pyrrole nitrogens is 1. The van der Waals surface area contributed by atoms with E-state index in [1.165, 1.54) is 21.6 Å². The van der Waals surface area contributed by atoms with Gasteiger partial charge in [-0.15, -0.1) is 11.3 Å². The van der Waals surface area contributed by atoms with Crippen LogP contribution in [-0.2, 0) is 6.54 Å². The van der Waals surface area contributed by atoms with Gasteiger partial charge in [-0.05, 0) is 48.1 Å². The minimum atomic E-state index is 0.386. The molecule has 0 saturated heterocycles. The number of nitrogens with zero attached hydrogens (tertiary/aromatic N) is 1. The van der Waals surface area contributed by atoms with Crippen LogP contribution in [0.3, 0.4) is 0 Å². The lowest BCUT2D eigenvalue weighted by Gasteiger charge is -2.13. The van der Waals surface area contributed by atoms with Crippen LogP contribution in [0, 0.1) is 6.92 Å². The number of nitrogens with one attached hydrogen (secondary N) is 2. The van der Waals surface area contributed by atoms with Gasteiger partial charge in [-0.3, -0.25) is 5.10 Å². The Hall–Kier alpha value is -1.91. The number of aromatic amines is 1. The lowest BCUT2D eigenvalue weighted by molar-refractivity contribution is 0.581. The number of aryl methyl sites for hydroxylation is 1. The zero-order valence-electron chi connectivity index (χ0n) is 12.3. The smallest absolute Gasteiger partial charge is 0.0650 e. The van der Waals surface area contributed by atoms with E-state index in [1.807, 2.05) is 17.4 Å². The molecule has 3 aromatic rings. The normalized spacial score (nSPS) is 12.5. The molecule has 0 radical (unpaired) electrons. The first-order chi connectivity index (χ1) is 10.2. The molecule has 0 bridgehead atoms. The van der Waals surface area contributed by atoms with Crippen LogP contribution in [0.2, 0.25) is 0 Å². The molecular formula is C17H19N3S. The second-order valence-electron chi connectivity index (χ2n) is 5.24. The number of hydrogen-bond acceptors (Lipinski definition) is 3. The third-order valence-corrected chi connectivity index (χ3v) is 4.87. The molecule has 0 aliphatic heterocycles. The third-order valence-electron chi connectivity index (χ3n) is 3.67. The maximum atomic E-state index is 3.98. The lowest BCUT2D eigenvalue weighted by atomic mass is 10.1. The second kappa shape index (κ2) is 6.24. The summed E-state index contributed by atoms with van der Waals surface area (Å²) in [6.07, 6.45) is 1.77. The number of rotatable bonds is 5. The Labute approximate surface area is 129 Å². The summed E-state index contributed by atoms with van der Waals surface area (Å²) >= 11 is 1.82. The fraction of sp³-hybridized carbons (Fsp3) is 0.235. The summed E-state index contributed by atoms with van der Waals surface area (Å²) in [5, 5.41) is 12.7. The Morgan fingerprint density at radius 2 is 2.00 bits per heavy atom. The number of hydrogen-bond donors (Lipinski definition) is 2. The van der Waals surface area contributed by atoms with E-state index in [1.54, 1.807) is 6.20 Å². The molecule has 0 aliphatic rings. The quantitative estimate of drug-likeness (QED) is 0.737. The van der Waals surface area contributed by atoms with Crippen molar-refractivity contribution >= 4 is 11.3 Å². The SMILES string of the molecule is Cc1ccsc1C(C)NCc1ccc(-c2ccn[nH]2)cc1. The molecule has 0 fully saturated rings. The van der Waals surface area contributed by atoms with Crippen molar-refractivity contribution < 1.29 is 0 Å². The molecule has 4 heteroatoms. The zero-order valence-corrected chi connectivity index (χ0v) is 13.1. The molecule has 1 aromatic carbocycles. The van der Waals surface area contributed by atoms with Gasteiger partial charge >= 0.3 is 0 Å². The fourth-order valence-corrected chi connectivity index (χ4v) is 3.37. The maximum Gasteiger partial charge on any atom is 0.0650 e. The molecule has 1 unspecified atom stereocenters. The van der Waals surface area contributed by atoms with Gasteiger partial charge in [0.2, 0.25) is 0 Å². The molecule has 3 rings (SSSR count). The van der Waals surface area contributed by atoms with Crippen molar-refractivity contribution in [2.24, 2.45) is 0 Å². The first-order valence-electron chi connectivity index (χ1n) is 7.10. The van der Waals surface area contributed by atoms with Crippen LogP contribution in [0.5, 0.6) is 0 Å². The van der Waals surface area contributed by atoms with Gasteiger partial charge in [0.1, 0.15) is 0 Å². The van der Waals surface area contributed by atoms with Crippen molar-refractivity contribution in [3.63, 3.8) is 0 Å². The van der Waals surface area contributed by atoms with Gasteiger partial charge in [-0.2, -0.15) is 5.10 Å². The topological polar surface area (TPSA) is 40.7 Å². The summed E-state index contributed by atoms with van der Waals surface area (Å²) in [6.45, 7) is 5.27. The van der Waals surface area contributed by atoms with E-state index >= 15 is 0 Å². The van der Waals surface area contributed by atoms with Gasteiger partial charge in [0.05, 0.1) is 5.69 Å². The predicted molar refractivity (Wildman–Crippen MR) is 88.3 cm³/mol. The largest absolute Gasteiger partial charge is 0.305 e. The Morgan fingerprint density at radius 1 is 1.19 bits per heavy atom. The molecular weight excluding hydrogens is 278 g/mol. The van der Waals surface area contributed by atoms with Crippen LogP contribution in [0.25, 0.3) is 11.3 Å². The molecule has 0 aliphatic carbocycles. The van der Waals surface area contributed by atoms with E-state index in [9.17, 15) is 0 Å². The van der Waals surface area contributed by atoms with Crippen molar-refractivity contribution in [3.05, 3.63) is 64.0 Å². The fourth-order valence-electron chi connectivity index (χ4n) is 2.41. The monoisotopic (exact) mass is 297 g/mol. The van der Waals surface area contributed by atoms with Crippen LogP contribution >= 0.6 is 11.3 Å². The molecule has 1 atom stereocenters. The summed E-state index contributed by atoms with van der Waals surface area (Å²) < 4.78 is 0. The van der Waals surface area contributed by atoms with E-state index in [4.69, 9.17) is 0 Å². The summed E-state index contributed by atoms with van der Waals surface area (Å²) in [7, 11) is 0. The van der Waals surface area contributed by atoms with Crippen molar-refractivity contribution in [2.75, 3.05) is 0 Å². The van der Waals surface area contributed by atoms with Crippen molar-refractivity contribution in [1.82, 2.24) is 15.5 Å². The lowest BCUT2D eigenvalue weighted by Crippen LogP contribution is -2.17. The van der Waals surface area contributed by atoms with Crippen LogP contribution in [0.15, 0.2) is 48.0 Å². The van der Waals surface area contributed by atoms with E-state index < -0.39 is 0 Å². The molecule has 2 heterocycles. The molecule has 0 spiro atoms. The Bertz CT molecular complexity index is 683. The molecule has 108 valence electrons. The van der Waals surface area contributed by atoms with Crippen LogP contribution in [0.4, 0.5) is 0 Å². The molecule has 0 amide bonds. The molecule has 2 aromatic heterocycles. The van der Waals surface area contributed by atoms with Gasteiger partial charge in [0, 0.05) is 23.7 Å². The Kier molecular flexibility index (Phi) is 4.18. The van der Waals surface area contributed by atoms with Crippen molar-refractivity contribution in [1.29, 1.82) is 0 Å². The summed E-state index contributed by atoms with van der Waals surface area (Å²) in [4.78, 5) is 1.42. The zero-order chi connectivity index (χ0) is 14.7. The first kappa shape index (κ1) is 14.0. The standard InChI is InChI=1S/C17H19N3S/c1-12-8-10-21-17(12)13(2)18-11-14-3-5-15(6-4-14)16-7-9-19-20-16/h3-10,13,18H,11H2,1-2H3,(H,19,20). The second-order valence-corrected chi connectivity index (χ2v) is 6.19. The highest BCUT2D eigenvalue weighted by Crippen LogP contribution is 2.24. The first-order valence-corrected chi connectivity index (χ1v) is 7.98. The van der Waals surface area contributed by atoms with Crippen molar-refractivity contribution in [3.8, 4) is 11.3 Å². The Morgan fingerprint density at radius 3 is 2.62 bits per heavy atom. The van der Waals surface area contributed by atoms with Crippen LogP contribution < -0.4 is 5.32 Å². The number of thiophene rings is 1. The highest BCUT2D eigenvalue weighted by molar-refractivity contribution is 7.10. The van der Waals surface area contributed by atoms with Crippen molar-refractivity contribution in [2.45, 2.75) is 26.4 Å².